The van der Waals surface area contributed by atoms with Crippen molar-refractivity contribution in [3.8, 4) is 5.69 Å². The van der Waals surface area contributed by atoms with E-state index in [0.29, 0.717) is 27.1 Å². The van der Waals surface area contributed by atoms with Crippen molar-refractivity contribution in [2.45, 2.75) is 0 Å². The van der Waals surface area contributed by atoms with Crippen molar-refractivity contribution in [3.05, 3.63) is 92.7 Å². The number of nitrogens with zero attached hydrogens (tertiary/aromatic N) is 4. The van der Waals surface area contributed by atoms with Gasteiger partial charge in [-0.3, -0.25) is 14.5 Å². The summed E-state index contributed by atoms with van der Waals surface area (Å²) in [5, 5.41) is 0.978. The standard InChI is InChI=1S/C19H12Cl2N4O/c20-14-4-6-17(16(21)10-14)24-9-7-18-23-15(11-19(26)25(18)24)5-3-13-2-1-8-22-12-13/h1-12H/b5-3+. The van der Waals surface area contributed by atoms with E-state index < -0.39 is 0 Å². The van der Waals surface area contributed by atoms with E-state index in [0.717, 1.165) is 5.56 Å². The SMILES string of the molecule is O=c1cc(/C=C/c2cccnc2)nc2ccn(-c3ccc(Cl)cc3Cl)n12. The zero-order valence-electron chi connectivity index (χ0n) is 13.4. The molecule has 4 aromatic rings. The fourth-order valence-electron chi connectivity index (χ4n) is 2.64. The predicted molar refractivity (Wildman–Crippen MR) is 104 cm³/mol. The number of fused-ring (bicyclic) bond motifs is 1. The van der Waals surface area contributed by atoms with Gasteiger partial charge in [-0.1, -0.05) is 35.3 Å². The van der Waals surface area contributed by atoms with Gasteiger partial charge in [0.1, 0.15) is 0 Å². The normalized spacial score (nSPS) is 11.5. The third-order valence-electron chi connectivity index (χ3n) is 3.81. The second kappa shape index (κ2) is 6.78. The summed E-state index contributed by atoms with van der Waals surface area (Å²) in [6.07, 6.45) is 8.83. The van der Waals surface area contributed by atoms with Gasteiger partial charge in [0.15, 0.2) is 5.65 Å². The van der Waals surface area contributed by atoms with Gasteiger partial charge in [0.25, 0.3) is 5.56 Å². The van der Waals surface area contributed by atoms with Crippen LogP contribution in [0.1, 0.15) is 11.3 Å². The molecule has 0 aliphatic rings. The molecule has 0 atom stereocenters. The first-order valence-electron chi connectivity index (χ1n) is 7.77. The Bertz CT molecular complexity index is 1180. The highest BCUT2D eigenvalue weighted by Crippen LogP contribution is 2.24. The number of pyridine rings is 1. The molecule has 0 N–H and O–H groups in total. The van der Waals surface area contributed by atoms with Crippen LogP contribution in [0.4, 0.5) is 0 Å². The lowest BCUT2D eigenvalue weighted by Crippen LogP contribution is -2.20. The lowest BCUT2D eigenvalue weighted by atomic mass is 10.2. The average molecular weight is 383 g/mol. The number of halogens is 2. The first-order valence-corrected chi connectivity index (χ1v) is 8.52. The molecule has 26 heavy (non-hydrogen) atoms. The fraction of sp³-hybridized carbons (Fsp3) is 0. The highest BCUT2D eigenvalue weighted by Gasteiger charge is 2.10. The van der Waals surface area contributed by atoms with Gasteiger partial charge in [-0.15, -0.1) is 0 Å². The second-order valence-electron chi connectivity index (χ2n) is 5.56. The summed E-state index contributed by atoms with van der Waals surface area (Å²) in [6.45, 7) is 0. The Morgan fingerprint density at radius 3 is 2.69 bits per heavy atom. The van der Waals surface area contributed by atoms with Crippen molar-refractivity contribution in [1.29, 1.82) is 0 Å². The van der Waals surface area contributed by atoms with E-state index in [1.807, 2.05) is 18.2 Å². The molecule has 128 valence electrons. The van der Waals surface area contributed by atoms with Crippen LogP contribution in [-0.2, 0) is 0 Å². The van der Waals surface area contributed by atoms with Gasteiger partial charge < -0.3 is 0 Å². The van der Waals surface area contributed by atoms with E-state index >= 15 is 0 Å². The number of rotatable bonds is 3. The average Bonchev–Trinajstić information content (AvgIpc) is 3.05. The molecule has 0 amide bonds. The summed E-state index contributed by atoms with van der Waals surface area (Å²) in [7, 11) is 0. The summed E-state index contributed by atoms with van der Waals surface area (Å²) in [6, 6.07) is 12.1. The molecule has 0 saturated heterocycles. The first kappa shape index (κ1) is 16.6. The summed E-state index contributed by atoms with van der Waals surface area (Å²) in [5.41, 5.74) is 2.46. The molecule has 0 fully saturated rings. The van der Waals surface area contributed by atoms with Gasteiger partial charge in [0.05, 0.1) is 16.4 Å². The van der Waals surface area contributed by atoms with Crippen LogP contribution in [0, 0.1) is 0 Å². The summed E-state index contributed by atoms with van der Waals surface area (Å²) in [5.74, 6) is 0. The second-order valence-corrected chi connectivity index (χ2v) is 6.41. The Balaban J connectivity index is 1.78. The third kappa shape index (κ3) is 3.14. The van der Waals surface area contributed by atoms with E-state index in [4.69, 9.17) is 23.2 Å². The summed E-state index contributed by atoms with van der Waals surface area (Å²) >= 11 is 12.2. The first-order chi connectivity index (χ1) is 12.6. The molecule has 0 unspecified atom stereocenters. The van der Waals surface area contributed by atoms with Crippen LogP contribution in [0.25, 0.3) is 23.5 Å². The molecule has 5 nitrogen and oxygen atoms in total. The molecule has 0 saturated carbocycles. The van der Waals surface area contributed by atoms with Crippen molar-refractivity contribution in [3.63, 3.8) is 0 Å². The number of hydrogen-bond acceptors (Lipinski definition) is 3. The highest BCUT2D eigenvalue weighted by molar-refractivity contribution is 6.35. The zero-order chi connectivity index (χ0) is 18.1. The van der Waals surface area contributed by atoms with Gasteiger partial charge in [-0.25, -0.2) is 4.98 Å². The van der Waals surface area contributed by atoms with Crippen LogP contribution in [0.15, 0.2) is 65.8 Å². The molecule has 0 aliphatic heterocycles. The van der Waals surface area contributed by atoms with Crippen LogP contribution in [0.3, 0.4) is 0 Å². The van der Waals surface area contributed by atoms with E-state index in [1.54, 1.807) is 53.6 Å². The Labute approximate surface area is 158 Å². The maximum atomic E-state index is 12.6. The largest absolute Gasteiger partial charge is 0.273 e. The summed E-state index contributed by atoms with van der Waals surface area (Å²) in [4.78, 5) is 21.2. The molecule has 0 spiro atoms. The Hall–Kier alpha value is -2.89. The van der Waals surface area contributed by atoms with E-state index in [2.05, 4.69) is 9.97 Å². The minimum Gasteiger partial charge on any atom is -0.267 e. The molecule has 0 aliphatic carbocycles. The van der Waals surface area contributed by atoms with Crippen LogP contribution in [-0.4, -0.2) is 19.2 Å². The van der Waals surface area contributed by atoms with Crippen LogP contribution in [0.5, 0.6) is 0 Å². The van der Waals surface area contributed by atoms with Crippen LogP contribution in [0.2, 0.25) is 10.0 Å². The topological polar surface area (TPSA) is 52.2 Å². The molecule has 0 bridgehead atoms. The lowest BCUT2D eigenvalue weighted by molar-refractivity contribution is 0.763. The Morgan fingerprint density at radius 2 is 1.92 bits per heavy atom. The van der Waals surface area contributed by atoms with Gasteiger partial charge in [0.2, 0.25) is 0 Å². The van der Waals surface area contributed by atoms with Crippen LogP contribution >= 0.6 is 23.2 Å². The van der Waals surface area contributed by atoms with Gasteiger partial charge in [-0.05, 0) is 35.9 Å². The predicted octanol–water partition coefficient (Wildman–Crippen LogP) is 4.36. The highest BCUT2D eigenvalue weighted by atomic mass is 35.5. The maximum absolute atomic E-state index is 12.6. The van der Waals surface area contributed by atoms with E-state index in [-0.39, 0.29) is 5.56 Å². The van der Waals surface area contributed by atoms with Gasteiger partial charge in [0, 0.05) is 35.7 Å². The van der Waals surface area contributed by atoms with E-state index in [1.165, 1.54) is 10.6 Å². The van der Waals surface area contributed by atoms with Crippen LogP contribution < -0.4 is 5.56 Å². The third-order valence-corrected chi connectivity index (χ3v) is 4.35. The summed E-state index contributed by atoms with van der Waals surface area (Å²) < 4.78 is 3.11. The Morgan fingerprint density at radius 1 is 1.04 bits per heavy atom. The minimum atomic E-state index is -0.211. The van der Waals surface area contributed by atoms with Gasteiger partial charge in [-0.2, -0.15) is 4.52 Å². The van der Waals surface area contributed by atoms with Crippen molar-refractivity contribution < 1.29 is 0 Å². The quantitative estimate of drug-likeness (QED) is 0.528. The Kier molecular flexibility index (Phi) is 4.32. The molecule has 3 aromatic heterocycles. The minimum absolute atomic E-state index is 0.211. The molecule has 7 heteroatoms. The van der Waals surface area contributed by atoms with Crippen molar-refractivity contribution in [1.82, 2.24) is 19.2 Å². The molecule has 3 heterocycles. The van der Waals surface area contributed by atoms with Crippen molar-refractivity contribution >= 4 is 41.0 Å². The number of benzene rings is 1. The van der Waals surface area contributed by atoms with E-state index in [9.17, 15) is 4.79 Å². The molecular weight excluding hydrogens is 371 g/mol. The van der Waals surface area contributed by atoms with Gasteiger partial charge >= 0.3 is 0 Å². The number of hydrogen-bond donors (Lipinski definition) is 0. The zero-order valence-corrected chi connectivity index (χ0v) is 14.9. The number of aromatic nitrogens is 4. The molecule has 0 radical (unpaired) electrons. The smallest absolute Gasteiger partial charge is 0.267 e. The monoisotopic (exact) mass is 382 g/mol. The molecule has 4 rings (SSSR count). The van der Waals surface area contributed by atoms with Crippen molar-refractivity contribution in [2.24, 2.45) is 0 Å². The maximum Gasteiger partial charge on any atom is 0.273 e. The van der Waals surface area contributed by atoms with Crippen molar-refractivity contribution in [2.75, 3.05) is 0 Å². The molecule has 1 aromatic carbocycles. The fourth-order valence-corrected chi connectivity index (χ4v) is 3.13. The molecular formula is C19H12Cl2N4O. The lowest BCUT2D eigenvalue weighted by Gasteiger charge is -2.09.